The minimum Gasteiger partial charge on any atom is -1.00 e. The molecular weight excluding hydrogens is 152 g/mol. The molecule has 0 bridgehead atoms. The smallest absolute Gasteiger partial charge is 1.00 e. The fraction of sp³-hybridized carbons (Fsp3) is 0. The van der Waals surface area contributed by atoms with Crippen molar-refractivity contribution in [1.29, 1.82) is 0 Å². The first-order valence-electron chi connectivity index (χ1n) is 1.04. The molecule has 7 heavy (non-hydrogen) atoms. The average Bonchev–Trinajstić information content (AvgIpc) is 1.38. The topological polar surface area (TPSA) is 46.5 Å². The fourth-order valence-electron chi connectivity index (χ4n) is 0. The SMILES string of the molecule is O=C(O)O[SiH3].[Ca+2].[H-].[H-].[H-].[H-].[Mg+2]. The largest absolute Gasteiger partial charge is 2.00 e. The van der Waals surface area contributed by atoms with E-state index in [4.69, 9.17) is 5.11 Å². The maximum absolute atomic E-state index is 9.18. The second-order valence-electron chi connectivity index (χ2n) is 0.470. The van der Waals surface area contributed by atoms with Gasteiger partial charge < -0.3 is 15.2 Å². The molecular formula is CH8CaMgO3Si. The van der Waals surface area contributed by atoms with E-state index in [9.17, 15) is 4.79 Å². The van der Waals surface area contributed by atoms with Gasteiger partial charge in [-0.25, -0.2) is 4.79 Å². The minimum atomic E-state index is -1.18. The molecule has 0 aromatic rings. The molecule has 0 saturated heterocycles. The number of carbonyl (C=O) groups is 1. The van der Waals surface area contributed by atoms with E-state index in [-0.39, 0.29) is 77.0 Å². The molecule has 0 aliphatic rings. The van der Waals surface area contributed by atoms with Gasteiger partial charge in [0, 0.05) is 0 Å². The van der Waals surface area contributed by atoms with Crippen LogP contribution >= 0.6 is 0 Å². The summed E-state index contributed by atoms with van der Waals surface area (Å²) < 4.78 is 3.81. The van der Waals surface area contributed by atoms with E-state index in [0.717, 1.165) is 0 Å². The van der Waals surface area contributed by atoms with Crippen LogP contribution < -0.4 is 0 Å². The molecule has 0 rings (SSSR count). The van der Waals surface area contributed by atoms with Crippen molar-refractivity contribution in [3.63, 3.8) is 0 Å². The van der Waals surface area contributed by atoms with Crippen molar-refractivity contribution in [2.75, 3.05) is 0 Å². The molecule has 38 valence electrons. The van der Waals surface area contributed by atoms with Crippen LogP contribution in [0.1, 0.15) is 5.71 Å². The fourth-order valence-corrected chi connectivity index (χ4v) is 0. The zero-order valence-electron chi connectivity index (χ0n) is 8.18. The molecule has 0 amide bonds. The number of carboxylic acid groups (broad SMARTS) is 1. The number of hydrogen-bond donors (Lipinski definition) is 1. The van der Waals surface area contributed by atoms with Crippen molar-refractivity contribution < 1.29 is 20.0 Å². The molecule has 0 aliphatic heterocycles. The Morgan fingerprint density at radius 3 is 2.00 bits per heavy atom. The Balaban J connectivity index is -0.00000000533. The molecule has 0 fully saturated rings. The third kappa shape index (κ3) is 18.5. The molecule has 0 spiro atoms. The van der Waals surface area contributed by atoms with Crippen molar-refractivity contribution in [2.45, 2.75) is 0 Å². The summed E-state index contributed by atoms with van der Waals surface area (Å²) in [5.41, 5.74) is 0. The van der Waals surface area contributed by atoms with Gasteiger partial charge in [0.1, 0.15) is 0 Å². The van der Waals surface area contributed by atoms with Gasteiger partial charge in [-0.1, -0.05) is 0 Å². The first-order valence-corrected chi connectivity index (χ1v) is 1.86. The zero-order chi connectivity index (χ0) is 4.28. The van der Waals surface area contributed by atoms with Gasteiger partial charge in [-0.3, -0.25) is 0 Å². The standard InChI is InChI=1S/CH4O3Si.Ca.Mg.4H/c2-1(3)4-5;;;;;;/h5H3,(H,2,3);;;;;;/q;2*+2;4*-1. The normalized spacial score (nSPS) is 5.14. The molecule has 0 aromatic carbocycles. The molecule has 0 saturated carbocycles. The summed E-state index contributed by atoms with van der Waals surface area (Å²) in [7, 11) is 0.274. The van der Waals surface area contributed by atoms with Crippen LogP contribution in [0.25, 0.3) is 0 Å². The third-order valence-electron chi connectivity index (χ3n) is 0.175. The van der Waals surface area contributed by atoms with E-state index < -0.39 is 6.16 Å². The Hall–Kier alpha value is 1.51. The molecule has 6 heteroatoms. The maximum Gasteiger partial charge on any atom is 2.00 e. The molecule has 0 aliphatic carbocycles. The van der Waals surface area contributed by atoms with Crippen molar-refractivity contribution >= 4 is 77.4 Å². The number of hydrogen-bond acceptors (Lipinski definition) is 2. The van der Waals surface area contributed by atoms with Gasteiger partial charge in [0.2, 0.25) is 10.5 Å². The van der Waals surface area contributed by atoms with Crippen molar-refractivity contribution in [1.82, 2.24) is 0 Å². The van der Waals surface area contributed by atoms with E-state index >= 15 is 0 Å². The van der Waals surface area contributed by atoms with Gasteiger partial charge in [-0.2, -0.15) is 0 Å². The predicted octanol–water partition coefficient (Wildman–Crippen LogP) is -1.35. The second-order valence-corrected chi connectivity index (χ2v) is 0.878. The van der Waals surface area contributed by atoms with Crippen LogP contribution in [-0.4, -0.2) is 82.5 Å². The zero-order valence-corrected chi connectivity index (χ0v) is 9.80. The van der Waals surface area contributed by atoms with Crippen LogP contribution in [0.3, 0.4) is 0 Å². The summed E-state index contributed by atoms with van der Waals surface area (Å²) in [6, 6.07) is 0. The molecule has 1 N–H and O–H groups in total. The summed E-state index contributed by atoms with van der Waals surface area (Å²) >= 11 is 0. The van der Waals surface area contributed by atoms with E-state index in [2.05, 4.69) is 4.43 Å². The van der Waals surface area contributed by atoms with Gasteiger partial charge in [0.15, 0.2) is 0 Å². The minimum absolute atomic E-state index is 0. The second kappa shape index (κ2) is 10.5. The van der Waals surface area contributed by atoms with Crippen molar-refractivity contribution in [3.8, 4) is 0 Å². The molecule has 0 atom stereocenters. The van der Waals surface area contributed by atoms with Gasteiger partial charge in [-0.05, 0) is 0 Å². The maximum atomic E-state index is 9.18. The van der Waals surface area contributed by atoms with E-state index in [1.165, 1.54) is 0 Å². The molecule has 0 aromatic heterocycles. The molecule has 0 unspecified atom stereocenters. The molecule has 0 heterocycles. The first kappa shape index (κ1) is 15.8. The van der Waals surface area contributed by atoms with Crippen LogP contribution in [0.15, 0.2) is 0 Å². The first-order chi connectivity index (χ1) is 2.27. The van der Waals surface area contributed by atoms with E-state index in [0.29, 0.717) is 0 Å². The Morgan fingerprint density at radius 1 is 1.86 bits per heavy atom. The monoisotopic (exact) mass is 160 g/mol. The van der Waals surface area contributed by atoms with Crippen LogP contribution in [0.5, 0.6) is 0 Å². The quantitative estimate of drug-likeness (QED) is 0.446. The Morgan fingerprint density at radius 2 is 2.00 bits per heavy atom. The predicted molar refractivity (Wildman–Crippen MR) is 35.0 cm³/mol. The van der Waals surface area contributed by atoms with Crippen LogP contribution in [-0.2, 0) is 4.43 Å². The van der Waals surface area contributed by atoms with Gasteiger partial charge in [-0.15, -0.1) is 0 Å². The van der Waals surface area contributed by atoms with Crippen molar-refractivity contribution in [3.05, 3.63) is 0 Å². The Bertz CT molecular complexity index is 60.6. The van der Waals surface area contributed by atoms with Gasteiger partial charge in [0.25, 0.3) is 0 Å². The van der Waals surface area contributed by atoms with E-state index in [1.807, 2.05) is 0 Å². The van der Waals surface area contributed by atoms with Crippen LogP contribution in [0.4, 0.5) is 4.79 Å². The Kier molecular flexibility index (Phi) is 23.7. The third-order valence-corrected chi connectivity index (χ3v) is 0.524. The average molecular weight is 161 g/mol. The summed E-state index contributed by atoms with van der Waals surface area (Å²) in [6.07, 6.45) is -1.18. The summed E-state index contributed by atoms with van der Waals surface area (Å²) in [4.78, 5) is 9.18. The summed E-state index contributed by atoms with van der Waals surface area (Å²) in [5.74, 6) is 0. The van der Waals surface area contributed by atoms with Crippen LogP contribution in [0, 0.1) is 0 Å². The Labute approximate surface area is 96.4 Å². The van der Waals surface area contributed by atoms with Crippen LogP contribution in [0.2, 0.25) is 0 Å². The van der Waals surface area contributed by atoms with Crippen molar-refractivity contribution in [2.24, 2.45) is 0 Å². The van der Waals surface area contributed by atoms with Gasteiger partial charge in [0.05, 0.1) is 0 Å². The summed E-state index contributed by atoms with van der Waals surface area (Å²) in [6.45, 7) is 0. The molecule has 0 radical (unpaired) electrons. The number of rotatable bonds is 0. The van der Waals surface area contributed by atoms with E-state index in [1.54, 1.807) is 0 Å². The summed E-state index contributed by atoms with van der Waals surface area (Å²) in [5, 5.41) is 7.53. The molecule has 3 nitrogen and oxygen atoms in total. The van der Waals surface area contributed by atoms with Gasteiger partial charge >= 0.3 is 66.9 Å².